The maximum atomic E-state index is 13.4. The molecular weight excluding hydrogens is 474 g/mol. The van der Waals surface area contributed by atoms with Crippen molar-refractivity contribution in [3.63, 3.8) is 0 Å². The largest absolute Gasteiger partial charge is 0.336 e. The molecule has 0 N–H and O–H groups in total. The van der Waals surface area contributed by atoms with Crippen molar-refractivity contribution in [3.05, 3.63) is 71.3 Å². The van der Waals surface area contributed by atoms with Gasteiger partial charge in [-0.05, 0) is 43.0 Å². The molecule has 8 nitrogen and oxygen atoms in total. The third kappa shape index (κ3) is 5.19. The highest BCUT2D eigenvalue weighted by Crippen LogP contribution is 2.38. The number of sulfonamides is 2. The van der Waals surface area contributed by atoms with Gasteiger partial charge in [0.15, 0.2) is 0 Å². The molecule has 0 spiro atoms. The van der Waals surface area contributed by atoms with E-state index in [1.54, 1.807) is 33.5 Å². The van der Waals surface area contributed by atoms with Gasteiger partial charge in [-0.25, -0.2) is 16.8 Å². The minimum atomic E-state index is -3.52. The third-order valence-electron chi connectivity index (χ3n) is 6.73. The summed E-state index contributed by atoms with van der Waals surface area (Å²) >= 11 is 0. The summed E-state index contributed by atoms with van der Waals surface area (Å²) < 4.78 is 53.2. The molecule has 2 atom stereocenters. The molecule has 10 heteroatoms. The predicted octanol–water partition coefficient (Wildman–Crippen LogP) is 2.46. The molecule has 1 amide bonds. The second-order valence-corrected chi connectivity index (χ2v) is 13.1. The summed E-state index contributed by atoms with van der Waals surface area (Å²) in [6, 6.07) is 16.3. The summed E-state index contributed by atoms with van der Waals surface area (Å²) in [5.41, 5.74) is 2.15. The molecule has 0 radical (unpaired) electrons. The molecule has 0 saturated carbocycles. The van der Waals surface area contributed by atoms with Crippen LogP contribution >= 0.6 is 0 Å². The van der Waals surface area contributed by atoms with Gasteiger partial charge in [0.1, 0.15) is 5.25 Å². The van der Waals surface area contributed by atoms with E-state index in [4.69, 9.17) is 0 Å². The smallest absolute Gasteiger partial charge is 0.253 e. The first kappa shape index (κ1) is 24.8. The van der Waals surface area contributed by atoms with Crippen LogP contribution in [0.4, 0.5) is 0 Å². The van der Waals surface area contributed by atoms with Crippen LogP contribution in [0, 0.1) is 0 Å². The molecule has 0 bridgehead atoms. The van der Waals surface area contributed by atoms with Gasteiger partial charge in [-0.1, -0.05) is 42.5 Å². The Kier molecular flexibility index (Phi) is 7.14. The normalized spacial score (nSPS) is 24.1. The zero-order valence-electron chi connectivity index (χ0n) is 19.5. The summed E-state index contributed by atoms with van der Waals surface area (Å²) in [6.45, 7) is 3.46. The van der Waals surface area contributed by atoms with Gasteiger partial charge in [-0.3, -0.25) is 4.79 Å². The van der Waals surface area contributed by atoms with Crippen LogP contribution in [-0.2, 0) is 26.6 Å². The number of nitrogens with zero attached hydrogens (tertiary/aromatic N) is 3. The van der Waals surface area contributed by atoms with E-state index >= 15 is 0 Å². The van der Waals surface area contributed by atoms with Crippen LogP contribution in [0.25, 0.3) is 0 Å². The van der Waals surface area contributed by atoms with Gasteiger partial charge in [0, 0.05) is 44.3 Å². The third-order valence-corrected chi connectivity index (χ3v) is 10.4. The van der Waals surface area contributed by atoms with Crippen molar-refractivity contribution in [2.45, 2.75) is 37.6 Å². The molecule has 2 heterocycles. The average molecular weight is 506 g/mol. The monoisotopic (exact) mass is 505 g/mol. The van der Waals surface area contributed by atoms with E-state index in [0.29, 0.717) is 25.1 Å². The zero-order valence-corrected chi connectivity index (χ0v) is 21.1. The number of hydrogen-bond donors (Lipinski definition) is 0. The Morgan fingerprint density at radius 2 is 1.56 bits per heavy atom. The van der Waals surface area contributed by atoms with Crippen LogP contribution in [-0.4, -0.2) is 74.7 Å². The fourth-order valence-electron chi connectivity index (χ4n) is 4.69. The van der Waals surface area contributed by atoms with Gasteiger partial charge in [0.25, 0.3) is 5.91 Å². The molecule has 34 heavy (non-hydrogen) atoms. The highest BCUT2D eigenvalue weighted by atomic mass is 32.2. The number of piperazine rings is 1. The maximum absolute atomic E-state index is 13.4. The summed E-state index contributed by atoms with van der Waals surface area (Å²) in [5.74, 6) is -0.150. The van der Waals surface area contributed by atoms with E-state index in [1.807, 2.05) is 37.3 Å². The fourth-order valence-corrected chi connectivity index (χ4v) is 7.71. The van der Waals surface area contributed by atoms with Crippen molar-refractivity contribution in [2.24, 2.45) is 0 Å². The van der Waals surface area contributed by atoms with Gasteiger partial charge < -0.3 is 4.90 Å². The molecule has 0 aliphatic carbocycles. The Bertz CT molecular complexity index is 1220. The van der Waals surface area contributed by atoms with Crippen LogP contribution in [0.3, 0.4) is 0 Å². The van der Waals surface area contributed by atoms with Crippen LogP contribution in [0.15, 0.2) is 54.6 Å². The van der Waals surface area contributed by atoms with Gasteiger partial charge in [-0.2, -0.15) is 8.61 Å². The summed E-state index contributed by atoms with van der Waals surface area (Å²) in [5, 5.41) is -0.545. The van der Waals surface area contributed by atoms with E-state index < -0.39 is 25.3 Å². The van der Waals surface area contributed by atoms with Gasteiger partial charge >= 0.3 is 0 Å². The van der Waals surface area contributed by atoms with Crippen molar-refractivity contribution in [2.75, 3.05) is 32.4 Å². The first-order valence-electron chi connectivity index (χ1n) is 11.5. The highest BCUT2D eigenvalue weighted by Gasteiger charge is 2.40. The van der Waals surface area contributed by atoms with Crippen molar-refractivity contribution in [3.8, 4) is 0 Å². The van der Waals surface area contributed by atoms with Crippen molar-refractivity contribution >= 4 is 26.0 Å². The Morgan fingerprint density at radius 1 is 0.941 bits per heavy atom. The lowest BCUT2D eigenvalue weighted by molar-refractivity contribution is 0.0698. The number of carbonyl (C=O) groups is 1. The molecule has 2 aromatic carbocycles. The molecular formula is C24H31N3O5S2. The first-order chi connectivity index (χ1) is 16.1. The van der Waals surface area contributed by atoms with Crippen LogP contribution in [0.5, 0.6) is 0 Å². The minimum Gasteiger partial charge on any atom is -0.336 e. The SMILES string of the molecule is C[C@H]1CCC(c2ccccc2)S(=O)(=O)N1Cc1ccc(C(=O)N2CCN(S(C)(=O)=O)CC2)cc1. The number of benzene rings is 2. The quantitative estimate of drug-likeness (QED) is 0.622. The van der Waals surface area contributed by atoms with Gasteiger partial charge in [0.2, 0.25) is 20.0 Å². The number of rotatable bonds is 5. The molecule has 0 aromatic heterocycles. The zero-order chi connectivity index (χ0) is 24.5. The molecule has 2 aliphatic heterocycles. The van der Waals surface area contributed by atoms with Crippen molar-refractivity contribution in [1.82, 2.24) is 13.5 Å². The molecule has 2 aliphatic rings. The lowest BCUT2D eigenvalue weighted by Gasteiger charge is -2.37. The van der Waals surface area contributed by atoms with Crippen LogP contribution in [0.1, 0.15) is 46.5 Å². The molecule has 4 rings (SSSR count). The Morgan fingerprint density at radius 3 is 2.15 bits per heavy atom. The number of amides is 1. The second-order valence-electron chi connectivity index (χ2n) is 9.07. The predicted molar refractivity (Wildman–Crippen MR) is 131 cm³/mol. The minimum absolute atomic E-state index is 0.0996. The van der Waals surface area contributed by atoms with Crippen molar-refractivity contribution < 1.29 is 21.6 Å². The van der Waals surface area contributed by atoms with Gasteiger partial charge in [-0.15, -0.1) is 0 Å². The van der Waals surface area contributed by atoms with Crippen LogP contribution < -0.4 is 0 Å². The van der Waals surface area contributed by atoms with Crippen molar-refractivity contribution in [1.29, 1.82) is 0 Å². The number of hydrogen-bond acceptors (Lipinski definition) is 5. The molecule has 2 fully saturated rings. The van der Waals surface area contributed by atoms with E-state index in [2.05, 4.69) is 0 Å². The van der Waals surface area contributed by atoms with E-state index in [9.17, 15) is 21.6 Å². The lowest BCUT2D eigenvalue weighted by atomic mass is 10.0. The standard InChI is InChI=1S/C24H31N3O5S2/c1-19-8-13-23(21-6-4-3-5-7-21)34(31,32)27(19)18-20-9-11-22(12-10-20)24(28)25-14-16-26(17-15-25)33(2,29)30/h3-7,9-12,19,23H,8,13-18H2,1-2H3/t19-,23?/m0/s1. The van der Waals surface area contributed by atoms with E-state index in [-0.39, 0.29) is 31.6 Å². The Balaban J connectivity index is 1.44. The molecule has 2 aromatic rings. The van der Waals surface area contributed by atoms with Gasteiger partial charge in [0.05, 0.1) is 6.26 Å². The number of carbonyl (C=O) groups excluding carboxylic acids is 1. The highest BCUT2D eigenvalue weighted by molar-refractivity contribution is 7.89. The molecule has 1 unspecified atom stereocenters. The lowest BCUT2D eigenvalue weighted by Crippen LogP contribution is -2.50. The fraction of sp³-hybridized carbons (Fsp3) is 0.458. The Labute approximate surface area is 202 Å². The van der Waals surface area contributed by atoms with E-state index in [0.717, 1.165) is 17.5 Å². The topological polar surface area (TPSA) is 95.1 Å². The Hall–Kier alpha value is -2.27. The summed E-state index contributed by atoms with van der Waals surface area (Å²) in [4.78, 5) is 14.5. The summed E-state index contributed by atoms with van der Waals surface area (Å²) in [7, 11) is -6.77. The van der Waals surface area contributed by atoms with Crippen LogP contribution in [0.2, 0.25) is 0 Å². The molecule has 2 saturated heterocycles. The average Bonchev–Trinajstić information content (AvgIpc) is 2.82. The molecule has 184 valence electrons. The second kappa shape index (κ2) is 9.77. The maximum Gasteiger partial charge on any atom is 0.253 e. The van der Waals surface area contributed by atoms with E-state index in [1.165, 1.54) is 10.6 Å². The first-order valence-corrected chi connectivity index (χ1v) is 14.8. The summed E-state index contributed by atoms with van der Waals surface area (Å²) in [6.07, 6.45) is 2.56.